The van der Waals surface area contributed by atoms with E-state index in [2.05, 4.69) is 10.6 Å². The van der Waals surface area contributed by atoms with Gasteiger partial charge in [-0.15, -0.1) is 0 Å². The first-order chi connectivity index (χ1) is 16.1. The molecule has 1 heterocycles. The third-order valence-electron chi connectivity index (χ3n) is 5.55. The molecule has 34 heavy (non-hydrogen) atoms. The van der Waals surface area contributed by atoms with E-state index in [0.29, 0.717) is 17.9 Å². The van der Waals surface area contributed by atoms with Crippen LogP contribution in [-0.4, -0.2) is 57.3 Å². The molecule has 182 valence electrons. The van der Waals surface area contributed by atoms with Crippen LogP contribution in [0.5, 0.6) is 5.75 Å². The average molecular weight is 470 g/mol. The van der Waals surface area contributed by atoms with Gasteiger partial charge in [0.1, 0.15) is 11.8 Å². The lowest BCUT2D eigenvalue weighted by Crippen LogP contribution is -2.58. The molecule has 9 heteroatoms. The number of aliphatic carboxylic acids is 1. The van der Waals surface area contributed by atoms with E-state index in [4.69, 9.17) is 4.74 Å². The summed E-state index contributed by atoms with van der Waals surface area (Å²) in [6.45, 7) is 5.39. The van der Waals surface area contributed by atoms with Gasteiger partial charge in [-0.2, -0.15) is 0 Å². The zero-order valence-corrected chi connectivity index (χ0v) is 19.5. The van der Waals surface area contributed by atoms with Gasteiger partial charge in [0, 0.05) is 24.3 Å². The van der Waals surface area contributed by atoms with Crippen LogP contribution in [0.1, 0.15) is 38.3 Å². The minimum atomic E-state index is -1.25. The second-order valence-corrected chi connectivity index (χ2v) is 8.70. The zero-order valence-electron chi connectivity index (χ0n) is 19.5. The number of rotatable bonds is 8. The first kappa shape index (κ1) is 25.0. The van der Waals surface area contributed by atoms with E-state index in [-0.39, 0.29) is 19.1 Å². The minimum absolute atomic E-state index is 0.0326. The summed E-state index contributed by atoms with van der Waals surface area (Å²) < 4.78 is 5.63. The van der Waals surface area contributed by atoms with E-state index >= 15 is 0 Å². The predicted molar refractivity (Wildman–Crippen MR) is 127 cm³/mol. The lowest BCUT2D eigenvalue weighted by atomic mass is 9.91. The summed E-state index contributed by atoms with van der Waals surface area (Å²) in [5.41, 5.74) is 2.36. The number of carboxylic acid groups (broad SMARTS) is 1. The van der Waals surface area contributed by atoms with E-state index in [1.165, 1.54) is 11.8 Å². The van der Waals surface area contributed by atoms with Crippen molar-refractivity contribution in [1.82, 2.24) is 10.2 Å². The highest BCUT2D eigenvalue weighted by atomic mass is 16.5. The maximum atomic E-state index is 13.4. The van der Waals surface area contributed by atoms with Crippen LogP contribution in [0.2, 0.25) is 0 Å². The molecule has 3 atom stereocenters. The van der Waals surface area contributed by atoms with E-state index in [1.54, 1.807) is 24.3 Å². The summed E-state index contributed by atoms with van der Waals surface area (Å²) in [4.78, 5) is 39.0. The molecule has 0 bridgehead atoms. The van der Waals surface area contributed by atoms with Gasteiger partial charge in [0.25, 0.3) is 0 Å². The Labute approximate surface area is 198 Å². The maximum Gasteiger partial charge on any atom is 0.319 e. The number of aliphatic hydroxyl groups excluding tert-OH is 1. The molecular formula is C25H31N3O6. The lowest BCUT2D eigenvalue weighted by molar-refractivity contribution is -0.143. The summed E-state index contributed by atoms with van der Waals surface area (Å²) in [6, 6.07) is 11.8. The Kier molecular flexibility index (Phi) is 8.12. The molecule has 0 fully saturated rings. The molecular weight excluding hydrogens is 438 g/mol. The first-order valence-corrected chi connectivity index (χ1v) is 11.3. The van der Waals surface area contributed by atoms with Crippen LogP contribution in [0.25, 0.3) is 0 Å². The van der Waals surface area contributed by atoms with Crippen molar-refractivity contribution < 1.29 is 29.3 Å². The Morgan fingerprint density at radius 2 is 1.79 bits per heavy atom. The van der Waals surface area contributed by atoms with Crippen molar-refractivity contribution in [2.75, 3.05) is 5.32 Å². The maximum absolute atomic E-state index is 13.4. The fraction of sp³-hybridized carbons (Fsp3) is 0.400. The lowest BCUT2D eigenvalue weighted by Gasteiger charge is -2.39. The third kappa shape index (κ3) is 6.48. The Bertz CT molecular complexity index is 1040. The number of aliphatic hydroxyl groups is 1. The van der Waals surface area contributed by atoms with Gasteiger partial charge in [0.05, 0.1) is 18.6 Å². The SMILES string of the molecule is CC(C)Oc1cccc(NC(=O)NC(C(=O)N2Cc3ccccc3C[C@@H]2CC(=O)O)C(C)O)c1. The van der Waals surface area contributed by atoms with Gasteiger partial charge < -0.3 is 30.5 Å². The molecule has 0 radical (unpaired) electrons. The highest BCUT2D eigenvalue weighted by Crippen LogP contribution is 2.26. The van der Waals surface area contributed by atoms with Crippen molar-refractivity contribution in [2.45, 2.75) is 64.4 Å². The van der Waals surface area contributed by atoms with Gasteiger partial charge in [0.15, 0.2) is 0 Å². The van der Waals surface area contributed by atoms with Crippen molar-refractivity contribution in [3.8, 4) is 5.75 Å². The van der Waals surface area contributed by atoms with Crippen LogP contribution in [0, 0.1) is 0 Å². The summed E-state index contributed by atoms with van der Waals surface area (Å²) >= 11 is 0. The normalized spacial score (nSPS) is 16.9. The number of nitrogens with zero attached hydrogens (tertiary/aromatic N) is 1. The van der Waals surface area contributed by atoms with E-state index < -0.39 is 36.1 Å². The van der Waals surface area contributed by atoms with Gasteiger partial charge in [-0.25, -0.2) is 4.79 Å². The Hall–Kier alpha value is -3.59. The van der Waals surface area contributed by atoms with Crippen LogP contribution >= 0.6 is 0 Å². The molecule has 2 unspecified atom stereocenters. The molecule has 1 aliphatic heterocycles. The number of fused-ring (bicyclic) bond motifs is 1. The highest BCUT2D eigenvalue weighted by Gasteiger charge is 2.37. The fourth-order valence-electron chi connectivity index (χ4n) is 4.02. The van der Waals surface area contributed by atoms with Crippen molar-refractivity contribution in [3.63, 3.8) is 0 Å². The Morgan fingerprint density at radius 1 is 1.09 bits per heavy atom. The minimum Gasteiger partial charge on any atom is -0.491 e. The molecule has 2 aromatic carbocycles. The molecule has 0 spiro atoms. The van der Waals surface area contributed by atoms with Crippen molar-refractivity contribution in [1.29, 1.82) is 0 Å². The molecule has 2 aromatic rings. The van der Waals surface area contributed by atoms with Gasteiger partial charge in [0.2, 0.25) is 5.91 Å². The monoisotopic (exact) mass is 469 g/mol. The number of nitrogens with one attached hydrogen (secondary N) is 2. The van der Waals surface area contributed by atoms with E-state index in [1.807, 2.05) is 38.1 Å². The number of anilines is 1. The number of benzene rings is 2. The second kappa shape index (κ2) is 11.0. The average Bonchev–Trinajstić information content (AvgIpc) is 2.75. The van der Waals surface area contributed by atoms with E-state index in [0.717, 1.165) is 11.1 Å². The smallest absolute Gasteiger partial charge is 0.319 e. The molecule has 1 aliphatic rings. The zero-order chi connectivity index (χ0) is 24.8. The number of hydrogen-bond acceptors (Lipinski definition) is 5. The van der Waals surface area contributed by atoms with Crippen LogP contribution in [0.4, 0.5) is 10.5 Å². The number of amides is 3. The third-order valence-corrected chi connectivity index (χ3v) is 5.55. The number of hydrogen-bond donors (Lipinski definition) is 4. The second-order valence-electron chi connectivity index (χ2n) is 8.70. The summed E-state index contributed by atoms with van der Waals surface area (Å²) in [5.74, 6) is -0.979. The summed E-state index contributed by atoms with van der Waals surface area (Å²) in [6.07, 6.45) is -1.08. The largest absolute Gasteiger partial charge is 0.491 e. The number of carbonyl (C=O) groups excluding carboxylic acids is 2. The highest BCUT2D eigenvalue weighted by molar-refractivity contribution is 5.94. The molecule has 0 saturated carbocycles. The van der Waals surface area contributed by atoms with Crippen molar-refractivity contribution in [3.05, 3.63) is 59.7 Å². The number of ether oxygens (including phenoxy) is 1. The molecule has 4 N–H and O–H groups in total. The van der Waals surface area contributed by atoms with Crippen LogP contribution in [-0.2, 0) is 22.6 Å². The van der Waals surface area contributed by atoms with Crippen molar-refractivity contribution >= 4 is 23.6 Å². The molecule has 0 saturated heterocycles. The van der Waals surface area contributed by atoms with Crippen LogP contribution < -0.4 is 15.4 Å². The summed E-state index contributed by atoms with van der Waals surface area (Å²) in [5, 5.41) is 24.9. The molecule has 3 amide bonds. The van der Waals surface area contributed by atoms with Gasteiger partial charge in [-0.05, 0) is 50.5 Å². The van der Waals surface area contributed by atoms with Gasteiger partial charge in [-0.3, -0.25) is 9.59 Å². The van der Waals surface area contributed by atoms with Crippen molar-refractivity contribution in [2.24, 2.45) is 0 Å². The predicted octanol–water partition coefficient (Wildman–Crippen LogP) is 2.77. The molecule has 0 aromatic heterocycles. The number of carbonyl (C=O) groups is 3. The summed E-state index contributed by atoms with van der Waals surface area (Å²) in [7, 11) is 0. The van der Waals surface area contributed by atoms with Gasteiger partial charge in [-0.1, -0.05) is 30.3 Å². The quantitative estimate of drug-likeness (QED) is 0.471. The molecule has 9 nitrogen and oxygen atoms in total. The molecule has 3 rings (SSSR count). The van der Waals surface area contributed by atoms with Gasteiger partial charge >= 0.3 is 12.0 Å². The Morgan fingerprint density at radius 3 is 2.44 bits per heavy atom. The van der Waals surface area contributed by atoms with Crippen LogP contribution in [0.15, 0.2) is 48.5 Å². The Balaban J connectivity index is 1.75. The topological polar surface area (TPSA) is 128 Å². The fourth-order valence-corrected chi connectivity index (χ4v) is 4.02. The first-order valence-electron chi connectivity index (χ1n) is 11.3. The van der Waals surface area contributed by atoms with Crippen LogP contribution in [0.3, 0.4) is 0 Å². The van der Waals surface area contributed by atoms with E-state index in [9.17, 15) is 24.6 Å². The molecule has 0 aliphatic carbocycles. The standard InChI is InChI=1S/C25H31N3O6/c1-15(2)34-21-10-6-9-19(12-21)26-25(33)27-23(16(3)29)24(32)28-14-18-8-5-4-7-17(18)11-20(28)13-22(30)31/h4-10,12,15-16,20,23,29H,11,13-14H2,1-3H3,(H,30,31)(H2,26,27,33)/t16?,20-,23?/m1/s1. The number of urea groups is 1. The number of carboxylic acids is 1.